The zero-order valence-electron chi connectivity index (χ0n) is 16.1. The van der Waals surface area contributed by atoms with Crippen molar-refractivity contribution in [3.05, 3.63) is 41.4 Å². The highest BCUT2D eigenvalue weighted by atomic mass is 35.5. The number of anilines is 3. The van der Waals surface area contributed by atoms with Gasteiger partial charge in [-0.2, -0.15) is 0 Å². The van der Waals surface area contributed by atoms with Gasteiger partial charge in [0.2, 0.25) is 11.9 Å². The average molecular weight is 411 g/mol. The number of carbonyl (C=O) groups excluding carboxylic acids is 1. The standard InChI is InChI=1S/C21H23ClN6O/c22-18-12-24-21(26-20(18)14-3-1-7-27(13-14)16-5-6-16)25-15-9-17(11-23-10-15)28-8-2-4-19(28)29/h3,9-12,16H,1-2,4-8,13H2,(H,24,25,26). The normalized spacial score (nSPS) is 20.1. The van der Waals surface area contributed by atoms with E-state index >= 15 is 0 Å². The number of aromatic nitrogens is 3. The van der Waals surface area contributed by atoms with E-state index in [1.54, 1.807) is 23.5 Å². The first-order valence-electron chi connectivity index (χ1n) is 10.2. The molecule has 0 spiro atoms. The average Bonchev–Trinajstić information content (AvgIpc) is 3.51. The number of nitrogens with zero attached hydrogens (tertiary/aromatic N) is 5. The van der Waals surface area contributed by atoms with Crippen LogP contribution in [0.1, 0.15) is 37.8 Å². The van der Waals surface area contributed by atoms with Crippen molar-refractivity contribution in [3.8, 4) is 0 Å². The molecule has 1 saturated heterocycles. The van der Waals surface area contributed by atoms with Crippen LogP contribution in [0.4, 0.5) is 17.3 Å². The van der Waals surface area contributed by atoms with E-state index in [1.807, 2.05) is 6.07 Å². The van der Waals surface area contributed by atoms with Gasteiger partial charge in [-0.25, -0.2) is 9.97 Å². The summed E-state index contributed by atoms with van der Waals surface area (Å²) in [6, 6.07) is 2.63. The number of nitrogens with one attached hydrogen (secondary N) is 1. The van der Waals surface area contributed by atoms with Gasteiger partial charge in [0.1, 0.15) is 0 Å². The maximum atomic E-state index is 12.0. The van der Waals surface area contributed by atoms with Crippen LogP contribution >= 0.6 is 11.6 Å². The number of rotatable bonds is 5. The van der Waals surface area contributed by atoms with E-state index in [9.17, 15) is 4.79 Å². The molecule has 2 aromatic heterocycles. The number of amides is 1. The fourth-order valence-electron chi connectivity index (χ4n) is 4.04. The van der Waals surface area contributed by atoms with Gasteiger partial charge in [-0.15, -0.1) is 0 Å². The molecule has 150 valence electrons. The molecule has 5 rings (SSSR count). The highest BCUT2D eigenvalue weighted by molar-refractivity contribution is 6.32. The molecule has 2 aliphatic heterocycles. The predicted molar refractivity (Wildman–Crippen MR) is 113 cm³/mol. The number of halogens is 1. The van der Waals surface area contributed by atoms with Crippen LogP contribution < -0.4 is 10.2 Å². The molecule has 3 aliphatic rings. The molecule has 1 saturated carbocycles. The van der Waals surface area contributed by atoms with Gasteiger partial charge in [0.25, 0.3) is 0 Å². The summed E-state index contributed by atoms with van der Waals surface area (Å²) in [6.45, 7) is 2.72. The molecule has 2 fully saturated rings. The summed E-state index contributed by atoms with van der Waals surface area (Å²) in [7, 11) is 0. The highest BCUT2D eigenvalue weighted by Gasteiger charge is 2.31. The third kappa shape index (κ3) is 3.97. The molecule has 2 aromatic rings. The summed E-state index contributed by atoms with van der Waals surface area (Å²) >= 11 is 6.43. The second kappa shape index (κ2) is 7.72. The Labute approximate surface area is 174 Å². The van der Waals surface area contributed by atoms with E-state index in [0.717, 1.165) is 61.2 Å². The van der Waals surface area contributed by atoms with Gasteiger partial charge in [0.05, 0.1) is 40.7 Å². The molecule has 8 heteroatoms. The summed E-state index contributed by atoms with van der Waals surface area (Å²) in [5, 5.41) is 3.78. The Bertz CT molecular complexity index is 973. The lowest BCUT2D eigenvalue weighted by Gasteiger charge is -2.27. The SMILES string of the molecule is O=C1CCCN1c1cncc(Nc2ncc(Cl)c(C3=CCCN(C4CC4)C3)n2)c1. The molecule has 0 radical (unpaired) electrons. The Morgan fingerprint density at radius 1 is 1.17 bits per heavy atom. The molecule has 0 unspecified atom stereocenters. The van der Waals surface area contributed by atoms with Gasteiger partial charge < -0.3 is 10.2 Å². The number of hydrogen-bond donors (Lipinski definition) is 1. The van der Waals surface area contributed by atoms with Crippen molar-refractivity contribution in [2.75, 3.05) is 29.9 Å². The molecule has 29 heavy (non-hydrogen) atoms. The first-order chi connectivity index (χ1) is 14.2. The molecule has 4 heterocycles. The first-order valence-corrected chi connectivity index (χ1v) is 10.5. The fourth-order valence-corrected chi connectivity index (χ4v) is 4.25. The minimum absolute atomic E-state index is 0.137. The van der Waals surface area contributed by atoms with Crippen LogP contribution in [0.25, 0.3) is 5.57 Å². The summed E-state index contributed by atoms with van der Waals surface area (Å²) in [5.41, 5.74) is 3.48. The van der Waals surface area contributed by atoms with Crippen molar-refractivity contribution < 1.29 is 4.79 Å². The number of hydrogen-bond acceptors (Lipinski definition) is 6. The summed E-state index contributed by atoms with van der Waals surface area (Å²) < 4.78 is 0. The van der Waals surface area contributed by atoms with E-state index in [4.69, 9.17) is 16.6 Å². The molecule has 0 atom stereocenters. The molecule has 1 N–H and O–H groups in total. The Kier molecular flexibility index (Phi) is 4.93. The first kappa shape index (κ1) is 18.5. The molecule has 7 nitrogen and oxygen atoms in total. The zero-order chi connectivity index (χ0) is 19.8. The predicted octanol–water partition coefficient (Wildman–Crippen LogP) is 3.65. The lowest BCUT2D eigenvalue weighted by Crippen LogP contribution is -2.31. The van der Waals surface area contributed by atoms with Crippen LogP contribution in [0.3, 0.4) is 0 Å². The quantitative estimate of drug-likeness (QED) is 0.811. The van der Waals surface area contributed by atoms with Gasteiger partial charge in [0.15, 0.2) is 0 Å². The Balaban J connectivity index is 1.36. The van der Waals surface area contributed by atoms with Crippen LogP contribution in [-0.2, 0) is 4.79 Å². The number of carbonyl (C=O) groups is 1. The van der Waals surface area contributed by atoms with Crippen LogP contribution in [0.5, 0.6) is 0 Å². The van der Waals surface area contributed by atoms with Gasteiger partial charge in [-0.05, 0) is 37.3 Å². The van der Waals surface area contributed by atoms with E-state index in [1.165, 1.54) is 12.8 Å². The maximum absolute atomic E-state index is 12.0. The lowest BCUT2D eigenvalue weighted by atomic mass is 10.1. The largest absolute Gasteiger partial charge is 0.323 e. The van der Waals surface area contributed by atoms with Crippen LogP contribution in [0, 0.1) is 0 Å². The smallest absolute Gasteiger partial charge is 0.227 e. The van der Waals surface area contributed by atoms with Crippen molar-refractivity contribution in [2.45, 2.75) is 38.1 Å². The fraction of sp³-hybridized carbons (Fsp3) is 0.429. The molecular weight excluding hydrogens is 388 g/mol. The van der Waals surface area contributed by atoms with Crippen molar-refractivity contribution >= 4 is 40.4 Å². The highest BCUT2D eigenvalue weighted by Crippen LogP contribution is 2.33. The Hall–Kier alpha value is -2.51. The van der Waals surface area contributed by atoms with Gasteiger partial charge in [-0.1, -0.05) is 17.7 Å². The van der Waals surface area contributed by atoms with Gasteiger partial charge in [0, 0.05) is 32.1 Å². The third-order valence-corrected chi connectivity index (χ3v) is 5.93. The van der Waals surface area contributed by atoms with Crippen LogP contribution in [-0.4, -0.2) is 51.4 Å². The maximum Gasteiger partial charge on any atom is 0.227 e. The number of pyridine rings is 1. The summed E-state index contributed by atoms with van der Waals surface area (Å²) in [6.07, 6.45) is 12.4. The van der Waals surface area contributed by atoms with Gasteiger partial charge in [-0.3, -0.25) is 14.7 Å². The van der Waals surface area contributed by atoms with Crippen molar-refractivity contribution in [1.29, 1.82) is 0 Å². The molecule has 0 bridgehead atoms. The van der Waals surface area contributed by atoms with E-state index in [-0.39, 0.29) is 5.91 Å². The van der Waals surface area contributed by atoms with E-state index < -0.39 is 0 Å². The molecule has 1 aliphatic carbocycles. The monoisotopic (exact) mass is 410 g/mol. The van der Waals surface area contributed by atoms with Gasteiger partial charge >= 0.3 is 0 Å². The molecule has 1 amide bonds. The van der Waals surface area contributed by atoms with Crippen LogP contribution in [0.2, 0.25) is 5.02 Å². The van der Waals surface area contributed by atoms with E-state index in [0.29, 0.717) is 17.4 Å². The third-order valence-electron chi connectivity index (χ3n) is 5.66. The topological polar surface area (TPSA) is 74.2 Å². The molecule has 0 aromatic carbocycles. The van der Waals surface area contributed by atoms with Crippen molar-refractivity contribution in [1.82, 2.24) is 19.9 Å². The zero-order valence-corrected chi connectivity index (χ0v) is 16.9. The Morgan fingerprint density at radius 3 is 2.86 bits per heavy atom. The second-order valence-electron chi connectivity index (χ2n) is 7.82. The van der Waals surface area contributed by atoms with Crippen molar-refractivity contribution in [2.24, 2.45) is 0 Å². The van der Waals surface area contributed by atoms with Crippen molar-refractivity contribution in [3.63, 3.8) is 0 Å². The molecular formula is C21H23ClN6O. The minimum Gasteiger partial charge on any atom is -0.323 e. The minimum atomic E-state index is 0.137. The summed E-state index contributed by atoms with van der Waals surface area (Å²) in [5.74, 6) is 0.610. The van der Waals surface area contributed by atoms with E-state index in [2.05, 4.69) is 26.3 Å². The summed E-state index contributed by atoms with van der Waals surface area (Å²) in [4.78, 5) is 29.6. The Morgan fingerprint density at radius 2 is 2.07 bits per heavy atom. The lowest BCUT2D eigenvalue weighted by molar-refractivity contribution is -0.117. The second-order valence-corrected chi connectivity index (χ2v) is 8.22. The van der Waals surface area contributed by atoms with Crippen LogP contribution in [0.15, 0.2) is 30.7 Å².